The van der Waals surface area contributed by atoms with Gasteiger partial charge in [0.1, 0.15) is 0 Å². The van der Waals surface area contributed by atoms with E-state index in [0.29, 0.717) is 6.61 Å². The first-order valence-corrected chi connectivity index (χ1v) is 13.6. The molecule has 0 saturated heterocycles. The van der Waals surface area contributed by atoms with Crippen LogP contribution >= 0.6 is 0 Å². The Morgan fingerprint density at radius 3 is 1.94 bits per heavy atom. The molecule has 0 saturated carbocycles. The Kier molecular flexibility index (Phi) is 7.01. The van der Waals surface area contributed by atoms with E-state index in [-0.39, 0.29) is 11.1 Å². The first-order chi connectivity index (χ1) is 15.8. The molecule has 0 bridgehead atoms. The summed E-state index contributed by atoms with van der Waals surface area (Å²) in [5.74, 6) is 0. The third-order valence-electron chi connectivity index (χ3n) is 6.57. The molecular formula is C29H34O3Si. The van der Waals surface area contributed by atoms with E-state index in [0.717, 1.165) is 29.5 Å². The lowest BCUT2D eigenvalue weighted by atomic mass is 10.00. The average molecular weight is 459 g/mol. The summed E-state index contributed by atoms with van der Waals surface area (Å²) in [5.41, 5.74) is 2.99. The normalized spacial score (nSPS) is 18.2. The molecule has 0 radical (unpaired) electrons. The quantitative estimate of drug-likeness (QED) is 0.350. The van der Waals surface area contributed by atoms with E-state index in [4.69, 9.17) is 9.16 Å². The van der Waals surface area contributed by atoms with E-state index in [1.165, 1.54) is 10.4 Å². The third kappa shape index (κ3) is 4.75. The van der Waals surface area contributed by atoms with Crippen LogP contribution in [0.3, 0.4) is 0 Å². The van der Waals surface area contributed by atoms with Crippen LogP contribution in [0.4, 0.5) is 0 Å². The van der Waals surface area contributed by atoms with Crippen LogP contribution in [0, 0.1) is 0 Å². The number of ether oxygens (including phenoxy) is 1. The Labute approximate surface area is 198 Å². The van der Waals surface area contributed by atoms with E-state index in [2.05, 4.69) is 88.0 Å². The van der Waals surface area contributed by atoms with Gasteiger partial charge in [0.25, 0.3) is 8.32 Å². The second-order valence-corrected chi connectivity index (χ2v) is 14.2. The predicted octanol–water partition coefficient (Wildman–Crippen LogP) is 5.66. The van der Waals surface area contributed by atoms with Crippen molar-refractivity contribution in [2.75, 3.05) is 6.61 Å². The van der Waals surface area contributed by atoms with E-state index in [1.807, 2.05) is 24.3 Å². The molecule has 0 amide bonds. The molecule has 33 heavy (non-hydrogen) atoms. The Bertz CT molecular complexity index is 1030. The van der Waals surface area contributed by atoms with E-state index in [9.17, 15) is 5.11 Å². The van der Waals surface area contributed by atoms with Crippen molar-refractivity contribution in [1.82, 2.24) is 0 Å². The fourth-order valence-electron chi connectivity index (χ4n) is 4.93. The Morgan fingerprint density at radius 1 is 0.879 bits per heavy atom. The van der Waals surface area contributed by atoms with Crippen LogP contribution in [0.25, 0.3) is 0 Å². The minimum atomic E-state index is -2.57. The van der Waals surface area contributed by atoms with Crippen molar-refractivity contribution in [3.05, 3.63) is 108 Å². The van der Waals surface area contributed by atoms with Crippen molar-refractivity contribution in [2.45, 2.75) is 51.0 Å². The molecule has 3 aromatic rings. The molecule has 0 spiro atoms. The molecule has 3 nitrogen and oxygen atoms in total. The monoisotopic (exact) mass is 458 g/mol. The van der Waals surface area contributed by atoms with Gasteiger partial charge in [-0.2, -0.15) is 0 Å². The van der Waals surface area contributed by atoms with Gasteiger partial charge < -0.3 is 14.3 Å². The molecule has 1 aliphatic heterocycles. The highest BCUT2D eigenvalue weighted by molar-refractivity contribution is 6.99. The van der Waals surface area contributed by atoms with Crippen LogP contribution in [0.2, 0.25) is 5.04 Å². The molecule has 3 aromatic carbocycles. The minimum absolute atomic E-state index is 0.0619. The summed E-state index contributed by atoms with van der Waals surface area (Å²) in [6, 6.07) is 29.2. The summed E-state index contributed by atoms with van der Waals surface area (Å²) in [5, 5.41) is 12.7. The first-order valence-electron chi connectivity index (χ1n) is 11.7. The van der Waals surface area contributed by atoms with Gasteiger partial charge in [-0.25, -0.2) is 0 Å². The second kappa shape index (κ2) is 9.78. The molecule has 4 rings (SSSR count). The Hall–Kier alpha value is -2.50. The zero-order valence-electron chi connectivity index (χ0n) is 19.8. The lowest BCUT2D eigenvalue weighted by Gasteiger charge is -2.43. The molecular weight excluding hydrogens is 424 g/mol. The van der Waals surface area contributed by atoms with E-state index >= 15 is 0 Å². The third-order valence-corrected chi connectivity index (χ3v) is 11.6. The largest absolute Gasteiger partial charge is 0.403 e. The van der Waals surface area contributed by atoms with Crippen molar-refractivity contribution in [3.8, 4) is 0 Å². The van der Waals surface area contributed by atoms with Gasteiger partial charge >= 0.3 is 0 Å². The minimum Gasteiger partial charge on any atom is -0.403 e. The van der Waals surface area contributed by atoms with Crippen LogP contribution in [0.15, 0.2) is 97.1 Å². The van der Waals surface area contributed by atoms with Crippen LogP contribution in [0.5, 0.6) is 0 Å². The van der Waals surface area contributed by atoms with Crippen molar-refractivity contribution in [3.63, 3.8) is 0 Å². The maximum absolute atomic E-state index is 10.2. The number of fused-ring (bicyclic) bond motifs is 1. The highest BCUT2D eigenvalue weighted by atomic mass is 28.4. The van der Waals surface area contributed by atoms with Crippen LogP contribution in [-0.4, -0.2) is 20.0 Å². The fourth-order valence-corrected chi connectivity index (χ4v) is 9.51. The number of aliphatic hydroxyl groups excluding tert-OH is 1. The molecule has 2 atom stereocenters. The maximum Gasteiger partial charge on any atom is 0.261 e. The van der Waals surface area contributed by atoms with Gasteiger partial charge in [0.05, 0.1) is 12.7 Å². The SMILES string of the molecule is C=C(CCC1OC(O)c2ccccc21)CO[Si](c1ccccc1)(c1ccccc1)C(C)(C)C. The summed E-state index contributed by atoms with van der Waals surface area (Å²) in [6.45, 7) is 11.7. The van der Waals surface area contributed by atoms with Crippen LogP contribution in [0.1, 0.15) is 57.1 Å². The standard InChI is InChI=1S/C29H34O3Si/c1-22(19-20-27-25-17-11-12-18-26(25)28(30)32-27)21-31-33(29(2,3)4,23-13-7-5-8-14-23)24-15-9-6-10-16-24/h5-18,27-28,30H,1,19-21H2,2-4H3. The first kappa shape index (κ1) is 23.6. The molecule has 1 aliphatic rings. The van der Waals surface area contributed by atoms with E-state index < -0.39 is 14.6 Å². The molecule has 2 unspecified atom stereocenters. The second-order valence-electron chi connectivity index (χ2n) is 9.85. The van der Waals surface area contributed by atoms with Gasteiger partial charge in [0.2, 0.25) is 0 Å². The molecule has 0 aromatic heterocycles. The van der Waals surface area contributed by atoms with Crippen LogP contribution < -0.4 is 10.4 Å². The van der Waals surface area contributed by atoms with Gasteiger partial charge in [-0.05, 0) is 33.8 Å². The lowest BCUT2D eigenvalue weighted by Crippen LogP contribution is -2.66. The zero-order valence-corrected chi connectivity index (χ0v) is 20.8. The molecule has 4 heteroatoms. The van der Waals surface area contributed by atoms with E-state index in [1.54, 1.807) is 0 Å². The van der Waals surface area contributed by atoms with Gasteiger partial charge in [0.15, 0.2) is 6.29 Å². The van der Waals surface area contributed by atoms with Gasteiger partial charge in [0, 0.05) is 5.56 Å². The molecule has 0 aliphatic carbocycles. The molecule has 0 fully saturated rings. The number of hydrogen-bond donors (Lipinski definition) is 1. The number of benzene rings is 3. The predicted molar refractivity (Wildman–Crippen MR) is 137 cm³/mol. The van der Waals surface area contributed by atoms with Crippen LogP contribution in [-0.2, 0) is 9.16 Å². The number of aliphatic hydroxyl groups is 1. The fraction of sp³-hybridized carbons (Fsp3) is 0.310. The zero-order chi connectivity index (χ0) is 23.5. The Balaban J connectivity index is 1.53. The smallest absolute Gasteiger partial charge is 0.261 e. The van der Waals surface area contributed by atoms with Gasteiger partial charge in [-0.3, -0.25) is 0 Å². The highest BCUT2D eigenvalue weighted by Crippen LogP contribution is 2.41. The van der Waals surface area contributed by atoms with Gasteiger partial charge in [-0.1, -0.05) is 118 Å². The number of hydrogen-bond acceptors (Lipinski definition) is 3. The molecule has 1 N–H and O–H groups in total. The highest BCUT2D eigenvalue weighted by Gasteiger charge is 2.50. The molecule has 172 valence electrons. The number of rotatable bonds is 8. The summed E-state index contributed by atoms with van der Waals surface area (Å²) >= 11 is 0. The van der Waals surface area contributed by atoms with Crippen molar-refractivity contribution in [2.24, 2.45) is 0 Å². The average Bonchev–Trinajstić information content (AvgIpc) is 3.14. The topological polar surface area (TPSA) is 38.7 Å². The maximum atomic E-state index is 10.2. The lowest BCUT2D eigenvalue weighted by molar-refractivity contribution is -0.122. The van der Waals surface area contributed by atoms with Gasteiger partial charge in [-0.15, -0.1) is 0 Å². The summed E-state index contributed by atoms with van der Waals surface area (Å²) in [4.78, 5) is 0. The summed E-state index contributed by atoms with van der Waals surface area (Å²) in [6.07, 6.45) is 0.606. The van der Waals surface area contributed by atoms with Crippen molar-refractivity contribution < 1.29 is 14.3 Å². The Morgan fingerprint density at radius 2 is 1.39 bits per heavy atom. The van der Waals surface area contributed by atoms with Crippen molar-refractivity contribution >= 4 is 18.7 Å². The summed E-state index contributed by atoms with van der Waals surface area (Å²) in [7, 11) is -2.57. The molecule has 1 heterocycles. The van der Waals surface area contributed by atoms with Crippen molar-refractivity contribution in [1.29, 1.82) is 0 Å². The summed E-state index contributed by atoms with van der Waals surface area (Å²) < 4.78 is 12.8.